The van der Waals surface area contributed by atoms with E-state index in [9.17, 15) is 0 Å². The predicted octanol–water partition coefficient (Wildman–Crippen LogP) is 3.31. The number of nitrogens with two attached hydrogens (primary N) is 1. The van der Waals surface area contributed by atoms with Crippen LogP contribution in [0, 0.1) is 0 Å². The van der Waals surface area contributed by atoms with Gasteiger partial charge in [-0.1, -0.05) is 12.1 Å². The number of H-pyrrole nitrogens is 1. The minimum absolute atomic E-state index is 0.239. The third-order valence-electron chi connectivity index (χ3n) is 3.87. The van der Waals surface area contributed by atoms with E-state index in [2.05, 4.69) is 46.0 Å². The Morgan fingerprint density at radius 2 is 2.19 bits per heavy atom. The molecule has 1 aliphatic carbocycles. The molecular formula is C13H15BrN2. The average Bonchev–Trinajstić information content (AvgIpc) is 3.00. The van der Waals surface area contributed by atoms with Gasteiger partial charge in [0, 0.05) is 33.0 Å². The zero-order chi connectivity index (χ0) is 11.3. The highest BCUT2D eigenvalue weighted by atomic mass is 79.9. The highest BCUT2D eigenvalue weighted by molar-refractivity contribution is 9.10. The van der Waals surface area contributed by atoms with Gasteiger partial charge in [-0.25, -0.2) is 0 Å². The highest BCUT2D eigenvalue weighted by Crippen LogP contribution is 2.50. The summed E-state index contributed by atoms with van der Waals surface area (Å²) >= 11 is 3.53. The molecule has 3 rings (SSSR count). The van der Waals surface area contributed by atoms with Crippen LogP contribution in [-0.2, 0) is 5.41 Å². The Labute approximate surface area is 103 Å². The molecular weight excluding hydrogens is 264 g/mol. The normalized spacial score (nSPS) is 19.9. The van der Waals surface area contributed by atoms with Crippen molar-refractivity contribution in [3.8, 4) is 0 Å². The predicted molar refractivity (Wildman–Crippen MR) is 70.6 cm³/mol. The van der Waals surface area contributed by atoms with Gasteiger partial charge in [-0.2, -0.15) is 0 Å². The zero-order valence-electron chi connectivity index (χ0n) is 9.26. The lowest BCUT2D eigenvalue weighted by Gasteiger charge is -2.20. The Morgan fingerprint density at radius 3 is 2.81 bits per heavy atom. The van der Waals surface area contributed by atoms with Crippen LogP contribution in [0.5, 0.6) is 0 Å². The van der Waals surface area contributed by atoms with Crippen molar-refractivity contribution < 1.29 is 0 Å². The minimum Gasteiger partial charge on any atom is -0.360 e. The van der Waals surface area contributed by atoms with Crippen molar-refractivity contribution >= 4 is 26.8 Å². The number of aromatic amines is 1. The number of halogens is 1. The molecule has 0 saturated heterocycles. The highest BCUT2D eigenvalue weighted by Gasteiger charge is 2.47. The number of hydrogen-bond donors (Lipinski definition) is 2. The Hall–Kier alpha value is -0.800. The fourth-order valence-corrected chi connectivity index (χ4v) is 3.00. The molecule has 1 aromatic carbocycles. The topological polar surface area (TPSA) is 41.8 Å². The second-order valence-electron chi connectivity index (χ2n) is 4.84. The van der Waals surface area contributed by atoms with Crippen molar-refractivity contribution in [2.24, 2.45) is 5.73 Å². The number of nitrogens with one attached hydrogen (secondary N) is 1. The first kappa shape index (κ1) is 10.4. The summed E-state index contributed by atoms with van der Waals surface area (Å²) in [4.78, 5) is 3.28. The minimum atomic E-state index is 0.239. The number of fused-ring (bicyclic) bond motifs is 1. The van der Waals surface area contributed by atoms with Crippen LogP contribution in [0.2, 0.25) is 0 Å². The quantitative estimate of drug-likeness (QED) is 0.870. The SMILES string of the molecule is CC(N)C1(c2ccc3c(Br)c[nH]c3c2)CC1. The first-order chi connectivity index (χ1) is 7.63. The first-order valence-electron chi connectivity index (χ1n) is 5.66. The van der Waals surface area contributed by atoms with Crippen molar-refractivity contribution in [2.75, 3.05) is 0 Å². The van der Waals surface area contributed by atoms with Crippen molar-refractivity contribution in [1.82, 2.24) is 4.98 Å². The fraction of sp³-hybridized carbons (Fsp3) is 0.385. The molecule has 16 heavy (non-hydrogen) atoms. The lowest BCUT2D eigenvalue weighted by molar-refractivity contribution is 0.557. The molecule has 3 N–H and O–H groups in total. The van der Waals surface area contributed by atoms with Gasteiger partial charge in [0.15, 0.2) is 0 Å². The molecule has 1 fully saturated rings. The summed E-state index contributed by atoms with van der Waals surface area (Å²) in [6.45, 7) is 2.11. The van der Waals surface area contributed by atoms with Gasteiger partial charge < -0.3 is 10.7 Å². The van der Waals surface area contributed by atoms with Crippen LogP contribution in [0.1, 0.15) is 25.3 Å². The zero-order valence-corrected chi connectivity index (χ0v) is 10.8. The molecule has 0 bridgehead atoms. The second kappa shape index (κ2) is 3.34. The van der Waals surface area contributed by atoms with E-state index in [1.165, 1.54) is 29.3 Å². The van der Waals surface area contributed by atoms with Crippen LogP contribution in [0.4, 0.5) is 0 Å². The lowest BCUT2D eigenvalue weighted by Crippen LogP contribution is -2.31. The van der Waals surface area contributed by atoms with E-state index >= 15 is 0 Å². The Morgan fingerprint density at radius 1 is 1.44 bits per heavy atom. The standard InChI is InChI=1S/C13H15BrN2/c1-8(15)13(4-5-13)9-2-3-10-11(14)7-16-12(10)6-9/h2-3,6-8,16H,4-5,15H2,1H3. The summed E-state index contributed by atoms with van der Waals surface area (Å²) in [5.74, 6) is 0. The monoisotopic (exact) mass is 278 g/mol. The third-order valence-corrected chi connectivity index (χ3v) is 4.52. The number of rotatable bonds is 2. The van der Waals surface area contributed by atoms with Crippen molar-refractivity contribution in [3.63, 3.8) is 0 Å². The maximum atomic E-state index is 6.09. The Balaban J connectivity index is 2.12. The third kappa shape index (κ3) is 1.35. The van der Waals surface area contributed by atoms with Gasteiger partial charge in [-0.05, 0) is 47.3 Å². The Kier molecular flexibility index (Phi) is 2.17. The van der Waals surface area contributed by atoms with E-state index in [1.54, 1.807) is 0 Å². The molecule has 84 valence electrons. The fourth-order valence-electron chi connectivity index (χ4n) is 2.54. The van der Waals surface area contributed by atoms with Crippen LogP contribution in [-0.4, -0.2) is 11.0 Å². The van der Waals surface area contributed by atoms with Gasteiger partial charge in [0.05, 0.1) is 0 Å². The molecule has 0 aliphatic heterocycles. The first-order valence-corrected chi connectivity index (χ1v) is 6.45. The van der Waals surface area contributed by atoms with E-state index in [1.807, 2.05) is 6.20 Å². The number of aromatic nitrogens is 1. The molecule has 0 spiro atoms. The second-order valence-corrected chi connectivity index (χ2v) is 5.70. The van der Waals surface area contributed by atoms with E-state index in [0.29, 0.717) is 0 Å². The van der Waals surface area contributed by atoms with Crippen LogP contribution in [0.3, 0.4) is 0 Å². The van der Waals surface area contributed by atoms with Crippen molar-refractivity contribution in [2.45, 2.75) is 31.2 Å². The van der Waals surface area contributed by atoms with Gasteiger partial charge in [0.1, 0.15) is 0 Å². The van der Waals surface area contributed by atoms with Gasteiger partial charge in [-0.3, -0.25) is 0 Å². The molecule has 1 saturated carbocycles. The molecule has 2 aromatic rings. The molecule has 1 heterocycles. The van der Waals surface area contributed by atoms with Gasteiger partial charge in [0.2, 0.25) is 0 Å². The molecule has 1 unspecified atom stereocenters. The number of benzene rings is 1. The van der Waals surface area contributed by atoms with Crippen LogP contribution in [0.25, 0.3) is 10.9 Å². The van der Waals surface area contributed by atoms with E-state index in [0.717, 1.165) is 4.47 Å². The van der Waals surface area contributed by atoms with Gasteiger partial charge in [-0.15, -0.1) is 0 Å². The maximum Gasteiger partial charge on any atom is 0.0468 e. The summed E-state index contributed by atoms with van der Waals surface area (Å²) in [6.07, 6.45) is 4.43. The average molecular weight is 279 g/mol. The Bertz CT molecular complexity index is 538. The van der Waals surface area contributed by atoms with Gasteiger partial charge >= 0.3 is 0 Å². The molecule has 1 atom stereocenters. The molecule has 2 nitrogen and oxygen atoms in total. The lowest BCUT2D eigenvalue weighted by atomic mass is 9.89. The van der Waals surface area contributed by atoms with Crippen LogP contribution >= 0.6 is 15.9 Å². The molecule has 0 amide bonds. The summed E-state index contributed by atoms with van der Waals surface area (Å²) in [7, 11) is 0. The van der Waals surface area contributed by atoms with Gasteiger partial charge in [0.25, 0.3) is 0 Å². The van der Waals surface area contributed by atoms with Crippen molar-refractivity contribution in [1.29, 1.82) is 0 Å². The smallest absolute Gasteiger partial charge is 0.0468 e. The molecule has 0 radical (unpaired) electrons. The molecule has 1 aliphatic rings. The van der Waals surface area contributed by atoms with E-state index in [4.69, 9.17) is 5.73 Å². The van der Waals surface area contributed by atoms with Crippen LogP contribution in [0.15, 0.2) is 28.9 Å². The summed E-state index contributed by atoms with van der Waals surface area (Å²) < 4.78 is 1.12. The van der Waals surface area contributed by atoms with E-state index in [-0.39, 0.29) is 11.5 Å². The van der Waals surface area contributed by atoms with Crippen molar-refractivity contribution in [3.05, 3.63) is 34.4 Å². The molecule has 3 heteroatoms. The maximum absolute atomic E-state index is 6.09. The largest absolute Gasteiger partial charge is 0.360 e. The summed E-state index contributed by atoms with van der Waals surface area (Å²) in [5, 5.41) is 1.24. The molecule has 1 aromatic heterocycles. The number of hydrogen-bond acceptors (Lipinski definition) is 1. The van der Waals surface area contributed by atoms with Crippen LogP contribution < -0.4 is 5.73 Å². The summed E-state index contributed by atoms with van der Waals surface area (Å²) in [5.41, 5.74) is 8.91. The summed E-state index contributed by atoms with van der Waals surface area (Å²) in [6, 6.07) is 6.88. The van der Waals surface area contributed by atoms with E-state index < -0.39 is 0 Å².